The summed E-state index contributed by atoms with van der Waals surface area (Å²) in [6, 6.07) is 15.4. The van der Waals surface area contributed by atoms with Crippen molar-refractivity contribution >= 4 is 29.2 Å². The zero-order chi connectivity index (χ0) is 20.6. The Morgan fingerprint density at radius 2 is 1.83 bits per heavy atom. The van der Waals surface area contributed by atoms with Gasteiger partial charge in [0, 0.05) is 13.0 Å². The lowest BCUT2D eigenvalue weighted by Gasteiger charge is -2.30. The Morgan fingerprint density at radius 3 is 2.59 bits per heavy atom. The lowest BCUT2D eigenvalue weighted by molar-refractivity contribution is -0.122. The molecular weight excluding hydrogens is 368 g/mol. The summed E-state index contributed by atoms with van der Waals surface area (Å²) < 4.78 is 0. The van der Waals surface area contributed by atoms with Crippen molar-refractivity contribution in [3.63, 3.8) is 0 Å². The van der Waals surface area contributed by atoms with E-state index in [0.29, 0.717) is 24.3 Å². The molecule has 0 spiro atoms. The molecule has 0 aromatic heterocycles. The highest BCUT2D eigenvalue weighted by molar-refractivity contribution is 6.10. The summed E-state index contributed by atoms with van der Waals surface area (Å²) >= 11 is 0. The fourth-order valence-corrected chi connectivity index (χ4v) is 3.21. The number of carbonyl (C=O) groups excluding carboxylic acids is 3. The predicted molar refractivity (Wildman–Crippen MR) is 113 cm³/mol. The number of rotatable bonds is 7. The zero-order valence-corrected chi connectivity index (χ0v) is 16.5. The fourth-order valence-electron chi connectivity index (χ4n) is 3.21. The van der Waals surface area contributed by atoms with Crippen molar-refractivity contribution in [2.75, 3.05) is 23.3 Å². The first-order chi connectivity index (χ1) is 14.1. The zero-order valence-electron chi connectivity index (χ0n) is 16.5. The van der Waals surface area contributed by atoms with Gasteiger partial charge in [-0.15, -0.1) is 0 Å². The van der Waals surface area contributed by atoms with Crippen molar-refractivity contribution in [3.05, 3.63) is 60.2 Å². The summed E-state index contributed by atoms with van der Waals surface area (Å²) in [5, 5.41) is 8.46. The van der Waals surface area contributed by atoms with E-state index in [9.17, 15) is 14.4 Å². The molecule has 1 aliphatic rings. The Kier molecular flexibility index (Phi) is 6.84. The van der Waals surface area contributed by atoms with Crippen LogP contribution in [0.4, 0.5) is 16.2 Å². The van der Waals surface area contributed by atoms with Gasteiger partial charge >= 0.3 is 6.03 Å². The van der Waals surface area contributed by atoms with E-state index < -0.39 is 12.1 Å². The van der Waals surface area contributed by atoms with Crippen LogP contribution in [0.1, 0.15) is 25.3 Å². The molecule has 1 heterocycles. The van der Waals surface area contributed by atoms with Gasteiger partial charge in [0.1, 0.15) is 12.6 Å². The number of nitrogens with one attached hydrogen (secondary N) is 3. The minimum atomic E-state index is -0.737. The number of hydrogen-bond donors (Lipinski definition) is 3. The molecule has 7 nitrogen and oxygen atoms in total. The first-order valence-electron chi connectivity index (χ1n) is 9.87. The van der Waals surface area contributed by atoms with E-state index in [2.05, 4.69) is 16.0 Å². The molecule has 0 radical (unpaired) electrons. The van der Waals surface area contributed by atoms with Gasteiger partial charge < -0.3 is 16.0 Å². The standard InChI is InChI=1S/C22H26N4O3/c1-2-3-13-23-21(28)18(14-16-9-5-4-6-10-16)25-22(29)26-15-20(27)24-17-11-7-8-12-19(17)26/h4-12,18H,2-3,13-15H2,1H3,(H,23,28)(H,24,27)(H,25,29)/t18-/m0/s1. The molecule has 0 bridgehead atoms. The molecule has 1 atom stereocenters. The molecule has 7 heteroatoms. The van der Waals surface area contributed by atoms with E-state index in [1.54, 1.807) is 24.3 Å². The van der Waals surface area contributed by atoms with Crippen LogP contribution in [0.25, 0.3) is 0 Å². The van der Waals surface area contributed by atoms with Gasteiger partial charge in [0.15, 0.2) is 0 Å². The molecule has 0 aliphatic carbocycles. The number of amides is 4. The van der Waals surface area contributed by atoms with Gasteiger partial charge in [-0.05, 0) is 24.1 Å². The summed E-state index contributed by atoms with van der Waals surface area (Å²) in [7, 11) is 0. The number of urea groups is 1. The second-order valence-electron chi connectivity index (χ2n) is 6.99. The number of para-hydroxylation sites is 2. The van der Waals surface area contributed by atoms with Crippen molar-refractivity contribution in [3.8, 4) is 0 Å². The molecule has 1 aliphatic heterocycles. The third-order valence-electron chi connectivity index (χ3n) is 4.74. The summed E-state index contributed by atoms with van der Waals surface area (Å²) in [5.74, 6) is -0.503. The summed E-state index contributed by atoms with van der Waals surface area (Å²) in [5.41, 5.74) is 2.13. The van der Waals surface area contributed by atoms with Crippen molar-refractivity contribution in [2.24, 2.45) is 0 Å². The summed E-state index contributed by atoms with van der Waals surface area (Å²) in [6.07, 6.45) is 2.21. The van der Waals surface area contributed by atoms with Gasteiger partial charge in [-0.25, -0.2) is 4.79 Å². The molecule has 3 N–H and O–H groups in total. The molecule has 0 fully saturated rings. The molecule has 0 unspecified atom stereocenters. The monoisotopic (exact) mass is 394 g/mol. The maximum absolute atomic E-state index is 13.0. The molecule has 2 aromatic carbocycles. The lowest BCUT2D eigenvalue weighted by atomic mass is 10.1. The Hall–Kier alpha value is -3.35. The Labute approximate surface area is 170 Å². The van der Waals surface area contributed by atoms with E-state index in [4.69, 9.17) is 0 Å². The van der Waals surface area contributed by atoms with E-state index in [-0.39, 0.29) is 18.4 Å². The second-order valence-corrected chi connectivity index (χ2v) is 6.99. The normalized spacial score (nSPS) is 13.8. The maximum atomic E-state index is 13.0. The minimum absolute atomic E-state index is 0.0989. The van der Waals surface area contributed by atoms with Gasteiger partial charge in [-0.3, -0.25) is 14.5 Å². The highest BCUT2D eigenvalue weighted by Gasteiger charge is 2.29. The quantitative estimate of drug-likeness (QED) is 0.631. The van der Waals surface area contributed by atoms with E-state index >= 15 is 0 Å². The first kappa shape index (κ1) is 20.4. The first-order valence-corrected chi connectivity index (χ1v) is 9.87. The molecule has 4 amide bonds. The molecule has 0 saturated carbocycles. The number of anilines is 2. The van der Waals surface area contributed by atoms with Crippen LogP contribution < -0.4 is 20.9 Å². The van der Waals surface area contributed by atoms with Crippen LogP contribution in [0.3, 0.4) is 0 Å². The number of benzene rings is 2. The average Bonchev–Trinajstić information content (AvgIpc) is 2.73. The Morgan fingerprint density at radius 1 is 1.10 bits per heavy atom. The maximum Gasteiger partial charge on any atom is 0.323 e. The van der Waals surface area contributed by atoms with Crippen LogP contribution in [0.2, 0.25) is 0 Å². The molecular formula is C22H26N4O3. The number of hydrogen-bond acceptors (Lipinski definition) is 3. The van der Waals surface area contributed by atoms with Gasteiger partial charge in [0.05, 0.1) is 11.4 Å². The topological polar surface area (TPSA) is 90.5 Å². The highest BCUT2D eigenvalue weighted by atomic mass is 16.2. The van der Waals surface area contributed by atoms with Crippen LogP contribution in [0.15, 0.2) is 54.6 Å². The SMILES string of the molecule is CCCCNC(=O)[C@H](Cc1ccccc1)NC(=O)N1CC(=O)Nc2ccccc21. The number of nitrogens with zero attached hydrogens (tertiary/aromatic N) is 1. The van der Waals surface area contributed by atoms with Crippen molar-refractivity contribution < 1.29 is 14.4 Å². The number of unbranched alkanes of at least 4 members (excludes halogenated alkanes) is 1. The van der Waals surface area contributed by atoms with Crippen molar-refractivity contribution in [1.82, 2.24) is 10.6 Å². The Bertz CT molecular complexity index is 869. The van der Waals surface area contributed by atoms with Gasteiger partial charge in [0.25, 0.3) is 0 Å². The van der Waals surface area contributed by atoms with E-state index in [1.165, 1.54) is 4.90 Å². The number of fused-ring (bicyclic) bond motifs is 1. The molecule has 0 saturated heterocycles. The molecule has 152 valence electrons. The molecule has 2 aromatic rings. The largest absolute Gasteiger partial charge is 0.354 e. The van der Waals surface area contributed by atoms with E-state index in [1.807, 2.05) is 37.3 Å². The van der Waals surface area contributed by atoms with Crippen molar-refractivity contribution in [2.45, 2.75) is 32.2 Å². The third-order valence-corrected chi connectivity index (χ3v) is 4.74. The predicted octanol–water partition coefficient (Wildman–Crippen LogP) is 2.68. The van der Waals surface area contributed by atoms with Crippen LogP contribution in [0, 0.1) is 0 Å². The van der Waals surface area contributed by atoms with E-state index in [0.717, 1.165) is 18.4 Å². The second kappa shape index (κ2) is 9.73. The molecule has 3 rings (SSSR count). The van der Waals surface area contributed by atoms with Crippen molar-refractivity contribution in [1.29, 1.82) is 0 Å². The number of carbonyl (C=O) groups is 3. The van der Waals surface area contributed by atoms with Crippen LogP contribution in [0.5, 0.6) is 0 Å². The fraction of sp³-hybridized carbons (Fsp3) is 0.318. The average molecular weight is 394 g/mol. The van der Waals surface area contributed by atoms with Crippen LogP contribution in [-0.2, 0) is 16.0 Å². The lowest BCUT2D eigenvalue weighted by Crippen LogP contribution is -2.54. The van der Waals surface area contributed by atoms with Gasteiger partial charge in [-0.1, -0.05) is 55.8 Å². The van der Waals surface area contributed by atoms with Gasteiger partial charge in [-0.2, -0.15) is 0 Å². The van der Waals surface area contributed by atoms with Crippen LogP contribution in [-0.4, -0.2) is 37.0 Å². The highest BCUT2D eigenvalue weighted by Crippen LogP contribution is 2.28. The van der Waals surface area contributed by atoms with Gasteiger partial charge in [0.2, 0.25) is 11.8 Å². The van der Waals surface area contributed by atoms with Crippen LogP contribution >= 0.6 is 0 Å². The summed E-state index contributed by atoms with van der Waals surface area (Å²) in [4.78, 5) is 39.1. The minimum Gasteiger partial charge on any atom is -0.354 e. The summed E-state index contributed by atoms with van der Waals surface area (Å²) in [6.45, 7) is 2.51. The smallest absolute Gasteiger partial charge is 0.323 e. The Balaban J connectivity index is 1.76. The molecule has 29 heavy (non-hydrogen) atoms. The third kappa shape index (κ3) is 5.34.